The number of thioether (sulfide) groups is 1. The van der Waals surface area contributed by atoms with E-state index < -0.39 is 0 Å². The number of anilines is 1. The standard InChI is InChI=1S/C14H21N3O2S/c1-19-13-3-2-11(15)10-12(13)14(18)16-4-5-17-6-8-20-9-7-17/h2-3,10H,4-9,15H2,1H3,(H,16,18). The van der Waals surface area contributed by atoms with E-state index in [1.165, 1.54) is 11.5 Å². The zero-order chi connectivity index (χ0) is 14.4. The van der Waals surface area contributed by atoms with Gasteiger partial charge < -0.3 is 15.8 Å². The third kappa shape index (κ3) is 4.05. The predicted molar refractivity (Wildman–Crippen MR) is 83.5 cm³/mol. The van der Waals surface area contributed by atoms with Gasteiger partial charge in [-0.15, -0.1) is 0 Å². The largest absolute Gasteiger partial charge is 0.496 e. The van der Waals surface area contributed by atoms with Crippen LogP contribution in [0.5, 0.6) is 5.75 Å². The summed E-state index contributed by atoms with van der Waals surface area (Å²) in [6.07, 6.45) is 0. The van der Waals surface area contributed by atoms with Crippen molar-refractivity contribution in [2.45, 2.75) is 0 Å². The van der Waals surface area contributed by atoms with Crippen LogP contribution < -0.4 is 15.8 Å². The average Bonchev–Trinajstić information content (AvgIpc) is 2.48. The van der Waals surface area contributed by atoms with Gasteiger partial charge in [0.25, 0.3) is 5.91 Å². The van der Waals surface area contributed by atoms with Crippen LogP contribution in [0.2, 0.25) is 0 Å². The highest BCUT2D eigenvalue weighted by molar-refractivity contribution is 7.99. The first kappa shape index (κ1) is 15.0. The fraction of sp³-hybridized carbons (Fsp3) is 0.500. The minimum atomic E-state index is -0.138. The quantitative estimate of drug-likeness (QED) is 0.795. The second kappa shape index (κ2) is 7.40. The molecule has 1 aliphatic rings. The Kier molecular flexibility index (Phi) is 5.55. The Morgan fingerprint density at radius 1 is 1.45 bits per heavy atom. The van der Waals surface area contributed by atoms with Crippen LogP contribution in [0.1, 0.15) is 10.4 Å². The second-order valence-corrected chi connectivity index (χ2v) is 5.89. The molecule has 1 fully saturated rings. The van der Waals surface area contributed by atoms with Gasteiger partial charge in [-0.2, -0.15) is 11.8 Å². The summed E-state index contributed by atoms with van der Waals surface area (Å²) < 4.78 is 5.19. The van der Waals surface area contributed by atoms with E-state index >= 15 is 0 Å². The number of nitrogens with one attached hydrogen (secondary N) is 1. The third-order valence-corrected chi connectivity index (χ3v) is 4.23. The van der Waals surface area contributed by atoms with Crippen LogP contribution in [-0.2, 0) is 0 Å². The normalized spacial score (nSPS) is 15.8. The molecule has 0 aromatic heterocycles. The lowest BCUT2D eigenvalue weighted by Gasteiger charge is -2.26. The number of carbonyl (C=O) groups is 1. The molecule has 0 atom stereocenters. The highest BCUT2D eigenvalue weighted by Gasteiger charge is 2.14. The van der Waals surface area contributed by atoms with Crippen molar-refractivity contribution in [3.63, 3.8) is 0 Å². The van der Waals surface area contributed by atoms with Crippen molar-refractivity contribution in [3.05, 3.63) is 23.8 Å². The molecular formula is C14H21N3O2S. The number of hydrogen-bond donors (Lipinski definition) is 2. The fourth-order valence-corrected chi connectivity index (χ4v) is 3.13. The SMILES string of the molecule is COc1ccc(N)cc1C(=O)NCCN1CCSCC1. The molecule has 0 radical (unpaired) electrons. The number of benzene rings is 1. The Balaban J connectivity index is 1.86. The van der Waals surface area contributed by atoms with E-state index in [-0.39, 0.29) is 5.91 Å². The van der Waals surface area contributed by atoms with Crippen LogP contribution in [0.4, 0.5) is 5.69 Å². The summed E-state index contributed by atoms with van der Waals surface area (Å²) in [7, 11) is 1.55. The van der Waals surface area contributed by atoms with Crippen LogP contribution in [-0.4, -0.2) is 55.6 Å². The number of nitrogens with zero attached hydrogens (tertiary/aromatic N) is 1. The van der Waals surface area contributed by atoms with E-state index in [0.29, 0.717) is 23.5 Å². The molecule has 6 heteroatoms. The van der Waals surface area contributed by atoms with E-state index in [1.807, 2.05) is 11.8 Å². The molecule has 1 aromatic rings. The minimum absolute atomic E-state index is 0.138. The molecule has 1 saturated heterocycles. The zero-order valence-corrected chi connectivity index (χ0v) is 12.5. The van der Waals surface area contributed by atoms with Crippen molar-refractivity contribution >= 4 is 23.4 Å². The maximum absolute atomic E-state index is 12.1. The van der Waals surface area contributed by atoms with Gasteiger partial charge in [-0.1, -0.05) is 0 Å². The molecule has 0 unspecified atom stereocenters. The van der Waals surface area contributed by atoms with Gasteiger partial charge >= 0.3 is 0 Å². The fourth-order valence-electron chi connectivity index (χ4n) is 2.15. The summed E-state index contributed by atoms with van der Waals surface area (Å²) in [5, 5.41) is 2.93. The number of methoxy groups -OCH3 is 1. The molecule has 110 valence electrons. The molecule has 2 rings (SSSR count). The summed E-state index contributed by atoms with van der Waals surface area (Å²) in [6, 6.07) is 5.08. The average molecular weight is 295 g/mol. The first-order valence-corrected chi connectivity index (χ1v) is 7.88. The summed E-state index contributed by atoms with van der Waals surface area (Å²) in [5.74, 6) is 2.76. The molecule has 1 heterocycles. The van der Waals surface area contributed by atoms with Gasteiger partial charge in [-0.05, 0) is 18.2 Å². The Morgan fingerprint density at radius 2 is 2.20 bits per heavy atom. The van der Waals surface area contributed by atoms with Crippen molar-refractivity contribution < 1.29 is 9.53 Å². The van der Waals surface area contributed by atoms with Crippen LogP contribution in [0, 0.1) is 0 Å². The molecule has 20 heavy (non-hydrogen) atoms. The lowest BCUT2D eigenvalue weighted by Crippen LogP contribution is -2.39. The number of nitrogens with two attached hydrogens (primary N) is 1. The van der Waals surface area contributed by atoms with Crippen molar-refractivity contribution in [1.82, 2.24) is 10.2 Å². The molecule has 3 N–H and O–H groups in total. The molecule has 0 spiro atoms. The van der Waals surface area contributed by atoms with Crippen LogP contribution in [0.3, 0.4) is 0 Å². The highest BCUT2D eigenvalue weighted by Crippen LogP contribution is 2.20. The van der Waals surface area contributed by atoms with Gasteiger partial charge in [0.05, 0.1) is 12.7 Å². The molecule has 5 nitrogen and oxygen atoms in total. The summed E-state index contributed by atoms with van der Waals surface area (Å²) in [6.45, 7) is 3.72. The highest BCUT2D eigenvalue weighted by atomic mass is 32.2. The number of ether oxygens (including phenoxy) is 1. The van der Waals surface area contributed by atoms with E-state index in [2.05, 4.69) is 10.2 Å². The van der Waals surface area contributed by atoms with Crippen molar-refractivity contribution in [2.75, 3.05) is 50.5 Å². The van der Waals surface area contributed by atoms with Crippen molar-refractivity contribution in [1.29, 1.82) is 0 Å². The van der Waals surface area contributed by atoms with Crippen LogP contribution >= 0.6 is 11.8 Å². The number of hydrogen-bond acceptors (Lipinski definition) is 5. The van der Waals surface area contributed by atoms with Crippen LogP contribution in [0.25, 0.3) is 0 Å². The van der Waals surface area contributed by atoms with Gasteiger partial charge in [0.15, 0.2) is 0 Å². The number of carbonyl (C=O) groups excluding carboxylic acids is 1. The molecule has 1 aromatic carbocycles. The first-order chi connectivity index (χ1) is 9.70. The molecule has 0 saturated carbocycles. The Hall–Kier alpha value is -1.40. The lowest BCUT2D eigenvalue weighted by molar-refractivity contribution is 0.0946. The summed E-state index contributed by atoms with van der Waals surface area (Å²) >= 11 is 1.98. The topological polar surface area (TPSA) is 67.6 Å². The van der Waals surface area contributed by atoms with Gasteiger partial charge in [-0.25, -0.2) is 0 Å². The molecule has 0 bridgehead atoms. The lowest BCUT2D eigenvalue weighted by atomic mass is 10.1. The zero-order valence-electron chi connectivity index (χ0n) is 11.7. The number of rotatable bonds is 5. The van der Waals surface area contributed by atoms with E-state index in [1.54, 1.807) is 25.3 Å². The van der Waals surface area contributed by atoms with Gasteiger partial charge in [-0.3, -0.25) is 9.69 Å². The Labute approximate surface area is 123 Å². The number of nitrogen functional groups attached to an aromatic ring is 1. The molecule has 1 amide bonds. The summed E-state index contributed by atoms with van der Waals surface area (Å²) in [4.78, 5) is 14.5. The van der Waals surface area contributed by atoms with Gasteiger partial charge in [0.2, 0.25) is 0 Å². The maximum atomic E-state index is 12.1. The van der Waals surface area contributed by atoms with E-state index in [0.717, 1.165) is 19.6 Å². The predicted octanol–water partition coefficient (Wildman–Crippen LogP) is 1.06. The van der Waals surface area contributed by atoms with Crippen LogP contribution in [0.15, 0.2) is 18.2 Å². The van der Waals surface area contributed by atoms with Crippen molar-refractivity contribution in [2.24, 2.45) is 0 Å². The van der Waals surface area contributed by atoms with Gasteiger partial charge in [0.1, 0.15) is 5.75 Å². The smallest absolute Gasteiger partial charge is 0.255 e. The van der Waals surface area contributed by atoms with Crippen molar-refractivity contribution in [3.8, 4) is 5.75 Å². The summed E-state index contributed by atoms with van der Waals surface area (Å²) in [5.41, 5.74) is 6.77. The maximum Gasteiger partial charge on any atom is 0.255 e. The Bertz CT molecular complexity index is 462. The third-order valence-electron chi connectivity index (χ3n) is 3.29. The molecule has 1 aliphatic heterocycles. The minimum Gasteiger partial charge on any atom is -0.496 e. The Morgan fingerprint density at radius 3 is 2.90 bits per heavy atom. The van der Waals surface area contributed by atoms with E-state index in [9.17, 15) is 4.79 Å². The second-order valence-electron chi connectivity index (χ2n) is 4.67. The first-order valence-electron chi connectivity index (χ1n) is 6.72. The number of amides is 1. The van der Waals surface area contributed by atoms with E-state index in [4.69, 9.17) is 10.5 Å². The monoisotopic (exact) mass is 295 g/mol. The van der Waals surface area contributed by atoms with Gasteiger partial charge in [0, 0.05) is 43.4 Å². The molecular weight excluding hydrogens is 274 g/mol. The molecule has 0 aliphatic carbocycles.